The topological polar surface area (TPSA) is 120 Å². The first-order valence-electron chi connectivity index (χ1n) is 12.4. The van der Waals surface area contributed by atoms with Crippen LogP contribution in [0.1, 0.15) is 63.0 Å². The van der Waals surface area contributed by atoms with Gasteiger partial charge in [0.05, 0.1) is 18.4 Å². The summed E-state index contributed by atoms with van der Waals surface area (Å²) in [6, 6.07) is 5.48. The molecule has 0 bridgehead atoms. The fourth-order valence-corrected chi connectivity index (χ4v) is 5.20. The molecule has 5 rings (SSSR count). The smallest absolute Gasteiger partial charge is 0.319 e. The second-order valence-electron chi connectivity index (χ2n) is 9.51. The lowest BCUT2D eigenvalue weighted by atomic mass is 9.93. The van der Waals surface area contributed by atoms with E-state index in [9.17, 15) is 9.18 Å². The van der Waals surface area contributed by atoms with Crippen LogP contribution < -0.4 is 16.4 Å². The summed E-state index contributed by atoms with van der Waals surface area (Å²) >= 11 is 0. The Balaban J connectivity index is 1.38. The second kappa shape index (κ2) is 10.2. The van der Waals surface area contributed by atoms with Gasteiger partial charge in [0.2, 0.25) is 11.9 Å². The molecular formula is C25H32FN7O2. The highest BCUT2D eigenvalue weighted by Gasteiger charge is 2.27. The number of aromatic nitrogens is 4. The first-order chi connectivity index (χ1) is 17.0. The van der Waals surface area contributed by atoms with Crippen molar-refractivity contribution in [2.24, 2.45) is 5.73 Å². The third-order valence-corrected chi connectivity index (χ3v) is 7.05. The third-order valence-electron chi connectivity index (χ3n) is 7.05. The number of imidazole rings is 1. The van der Waals surface area contributed by atoms with Gasteiger partial charge < -0.3 is 21.1 Å². The minimum Gasteiger partial charge on any atom is -0.461 e. The SMILES string of the molecule is Cc1cccc(F)c1Nc1nc2cnc(NC3CCC(OC(=O)CN)CC3)nc2n1C1CCCC1. The van der Waals surface area contributed by atoms with Crippen molar-refractivity contribution in [2.45, 2.75) is 76.5 Å². The van der Waals surface area contributed by atoms with Crippen LogP contribution in [0.5, 0.6) is 0 Å². The molecular weight excluding hydrogens is 449 g/mol. The van der Waals surface area contributed by atoms with E-state index in [1.165, 1.54) is 6.07 Å². The summed E-state index contributed by atoms with van der Waals surface area (Å²) in [4.78, 5) is 25.5. The van der Waals surface area contributed by atoms with Crippen molar-refractivity contribution in [3.63, 3.8) is 0 Å². The quantitative estimate of drug-likeness (QED) is 0.426. The predicted molar refractivity (Wildman–Crippen MR) is 132 cm³/mol. The first kappa shape index (κ1) is 23.5. The van der Waals surface area contributed by atoms with Crippen LogP contribution in [-0.2, 0) is 9.53 Å². The zero-order valence-corrected chi connectivity index (χ0v) is 20.0. The number of para-hydroxylation sites is 1. The number of carbonyl (C=O) groups excluding carboxylic acids is 1. The van der Waals surface area contributed by atoms with Crippen molar-refractivity contribution in [2.75, 3.05) is 17.2 Å². The number of anilines is 3. The highest BCUT2D eigenvalue weighted by molar-refractivity contribution is 5.77. The number of rotatable bonds is 7. The Hall–Kier alpha value is -3.27. The Labute approximate surface area is 203 Å². The monoisotopic (exact) mass is 481 g/mol. The number of nitrogens with one attached hydrogen (secondary N) is 2. The lowest BCUT2D eigenvalue weighted by Crippen LogP contribution is -2.33. The maximum atomic E-state index is 14.6. The van der Waals surface area contributed by atoms with Gasteiger partial charge >= 0.3 is 5.97 Å². The van der Waals surface area contributed by atoms with Crippen molar-refractivity contribution in [1.29, 1.82) is 0 Å². The number of ether oxygens (including phenoxy) is 1. The Kier molecular flexibility index (Phi) is 6.81. The van der Waals surface area contributed by atoms with Gasteiger partial charge in [0, 0.05) is 12.1 Å². The number of halogens is 1. The molecule has 2 aliphatic carbocycles. The lowest BCUT2D eigenvalue weighted by molar-refractivity contribution is -0.148. The van der Waals surface area contributed by atoms with Gasteiger partial charge in [-0.05, 0) is 57.1 Å². The van der Waals surface area contributed by atoms with Crippen LogP contribution in [0.25, 0.3) is 11.2 Å². The summed E-state index contributed by atoms with van der Waals surface area (Å²) in [7, 11) is 0. The number of esters is 1. The van der Waals surface area contributed by atoms with Crippen molar-refractivity contribution in [3.8, 4) is 0 Å². The largest absolute Gasteiger partial charge is 0.461 e. The fraction of sp³-hybridized carbons (Fsp3) is 0.520. The van der Waals surface area contributed by atoms with E-state index in [4.69, 9.17) is 20.4 Å². The van der Waals surface area contributed by atoms with Gasteiger partial charge in [-0.3, -0.25) is 9.36 Å². The Morgan fingerprint density at radius 2 is 1.94 bits per heavy atom. The van der Waals surface area contributed by atoms with Gasteiger partial charge in [0.15, 0.2) is 5.65 Å². The Morgan fingerprint density at radius 3 is 2.66 bits per heavy atom. The molecule has 2 saturated carbocycles. The molecule has 0 unspecified atom stereocenters. The van der Waals surface area contributed by atoms with Gasteiger partial charge in [-0.2, -0.15) is 4.98 Å². The summed E-state index contributed by atoms with van der Waals surface area (Å²) in [5.74, 6) is 0.475. The third kappa shape index (κ3) is 5.07. The van der Waals surface area contributed by atoms with Crippen LogP contribution in [0, 0.1) is 12.7 Å². The maximum Gasteiger partial charge on any atom is 0.319 e. The van der Waals surface area contributed by atoms with E-state index in [1.807, 2.05) is 13.0 Å². The van der Waals surface area contributed by atoms with Gasteiger partial charge in [0.1, 0.15) is 17.4 Å². The minimum absolute atomic E-state index is 0.0771. The van der Waals surface area contributed by atoms with Crippen molar-refractivity contribution >= 4 is 34.7 Å². The van der Waals surface area contributed by atoms with E-state index < -0.39 is 0 Å². The van der Waals surface area contributed by atoms with Gasteiger partial charge in [0.25, 0.3) is 0 Å². The number of hydrogen-bond acceptors (Lipinski definition) is 8. The van der Waals surface area contributed by atoms with E-state index in [0.29, 0.717) is 23.1 Å². The van der Waals surface area contributed by atoms with Gasteiger partial charge in [-0.25, -0.2) is 14.4 Å². The summed E-state index contributed by atoms with van der Waals surface area (Å²) in [5, 5.41) is 6.69. The molecule has 2 aromatic heterocycles. The molecule has 0 atom stereocenters. The zero-order chi connectivity index (χ0) is 24.4. The second-order valence-corrected chi connectivity index (χ2v) is 9.51. The molecule has 2 aliphatic rings. The molecule has 35 heavy (non-hydrogen) atoms. The molecule has 0 amide bonds. The lowest BCUT2D eigenvalue weighted by Gasteiger charge is -2.28. The summed E-state index contributed by atoms with van der Waals surface area (Å²) in [5.41, 5.74) is 8.02. The maximum absolute atomic E-state index is 14.6. The number of aryl methyl sites for hydroxylation is 1. The van der Waals surface area contributed by atoms with Crippen LogP contribution in [0.3, 0.4) is 0 Å². The number of carbonyl (C=O) groups is 1. The summed E-state index contributed by atoms with van der Waals surface area (Å²) in [6.45, 7) is 1.79. The summed E-state index contributed by atoms with van der Waals surface area (Å²) in [6.07, 6.45) is 9.28. The molecule has 2 fully saturated rings. The predicted octanol–water partition coefficient (Wildman–Crippen LogP) is 4.36. The van der Waals surface area contributed by atoms with Crippen LogP contribution in [0.4, 0.5) is 22.0 Å². The number of benzene rings is 1. The minimum atomic E-state index is -0.356. The number of nitrogens with two attached hydrogens (primary N) is 1. The fourth-order valence-electron chi connectivity index (χ4n) is 5.20. The van der Waals surface area contributed by atoms with Gasteiger partial charge in [-0.1, -0.05) is 25.0 Å². The van der Waals surface area contributed by atoms with Crippen LogP contribution in [-0.4, -0.2) is 44.2 Å². The highest BCUT2D eigenvalue weighted by Crippen LogP contribution is 2.36. The van der Waals surface area contributed by atoms with E-state index in [-0.39, 0.29) is 36.5 Å². The molecule has 3 aromatic rings. The average Bonchev–Trinajstić information content (AvgIpc) is 3.50. The molecule has 0 saturated heterocycles. The van der Waals surface area contributed by atoms with E-state index in [1.54, 1.807) is 12.3 Å². The van der Waals surface area contributed by atoms with Crippen molar-refractivity contribution < 1.29 is 13.9 Å². The molecule has 186 valence electrons. The molecule has 0 radical (unpaired) electrons. The molecule has 10 heteroatoms. The summed E-state index contributed by atoms with van der Waals surface area (Å²) < 4.78 is 22.1. The number of hydrogen-bond donors (Lipinski definition) is 3. The molecule has 1 aromatic carbocycles. The van der Waals surface area contributed by atoms with Crippen molar-refractivity contribution in [1.82, 2.24) is 19.5 Å². The molecule has 2 heterocycles. The first-order valence-corrected chi connectivity index (χ1v) is 12.4. The molecule has 0 aliphatic heterocycles. The molecule has 4 N–H and O–H groups in total. The van der Waals surface area contributed by atoms with E-state index >= 15 is 0 Å². The van der Waals surface area contributed by atoms with Crippen LogP contribution >= 0.6 is 0 Å². The normalized spacial score (nSPS) is 20.8. The number of fused-ring (bicyclic) bond motifs is 1. The van der Waals surface area contributed by atoms with Crippen molar-refractivity contribution in [3.05, 3.63) is 35.8 Å². The Morgan fingerprint density at radius 1 is 1.17 bits per heavy atom. The molecule has 0 spiro atoms. The standard InChI is InChI=1S/C25H32FN7O2/c1-15-5-4-8-19(26)22(15)31-25-30-20-14-28-24(32-23(20)33(25)17-6-2-3-7-17)29-16-9-11-18(12-10-16)35-21(34)13-27/h4-5,8,14,16-18H,2-3,6-7,9-13,27H2,1H3,(H,30,31)(H,28,29,32). The van der Waals surface area contributed by atoms with E-state index in [0.717, 1.165) is 62.6 Å². The molecule has 9 nitrogen and oxygen atoms in total. The Bertz CT molecular complexity index is 1180. The van der Waals surface area contributed by atoms with Crippen LogP contribution in [0.15, 0.2) is 24.4 Å². The van der Waals surface area contributed by atoms with Crippen LogP contribution in [0.2, 0.25) is 0 Å². The van der Waals surface area contributed by atoms with E-state index in [2.05, 4.69) is 20.2 Å². The van der Waals surface area contributed by atoms with Gasteiger partial charge in [-0.15, -0.1) is 0 Å². The zero-order valence-electron chi connectivity index (χ0n) is 20.0. The average molecular weight is 482 g/mol. The number of nitrogens with zero attached hydrogens (tertiary/aromatic N) is 4. The highest BCUT2D eigenvalue weighted by atomic mass is 19.1.